The summed E-state index contributed by atoms with van der Waals surface area (Å²) in [5.41, 5.74) is 3.40. The van der Waals surface area contributed by atoms with Gasteiger partial charge in [-0.25, -0.2) is 5.32 Å². The lowest BCUT2D eigenvalue weighted by molar-refractivity contribution is 0.324. The predicted octanol–water partition coefficient (Wildman–Crippen LogP) is 1.77. The summed E-state index contributed by atoms with van der Waals surface area (Å²) < 4.78 is 0. The van der Waals surface area contributed by atoms with Gasteiger partial charge < -0.3 is 4.90 Å². The molecule has 0 aromatic heterocycles. The molecule has 1 saturated heterocycles. The fourth-order valence-electron chi connectivity index (χ4n) is 3.13. The molecule has 0 amide bonds. The minimum Gasteiger partial charge on any atom is -0.373 e. The first-order valence-electron chi connectivity index (χ1n) is 5.76. The van der Waals surface area contributed by atoms with E-state index >= 15 is 0 Å². The van der Waals surface area contributed by atoms with E-state index in [1.807, 2.05) is 0 Å². The molecular weight excluding hydrogens is 184 g/mol. The van der Waals surface area contributed by atoms with Gasteiger partial charge in [0.25, 0.3) is 0 Å². The zero-order valence-corrected chi connectivity index (χ0v) is 9.24. The highest BCUT2D eigenvalue weighted by Crippen LogP contribution is 2.45. The Morgan fingerprint density at radius 3 is 2.73 bits per heavy atom. The van der Waals surface area contributed by atoms with Crippen molar-refractivity contribution >= 4 is 5.69 Å². The van der Waals surface area contributed by atoms with Gasteiger partial charge in [0.1, 0.15) is 0 Å². The second-order valence-electron chi connectivity index (χ2n) is 4.82. The highest BCUT2D eigenvalue weighted by atomic mass is 15.1. The zero-order valence-electron chi connectivity index (χ0n) is 9.24. The Labute approximate surface area is 91.3 Å². The molecule has 2 nitrogen and oxygen atoms in total. The van der Waals surface area contributed by atoms with Crippen LogP contribution < -0.4 is 10.2 Å². The fourth-order valence-corrected chi connectivity index (χ4v) is 3.13. The molecule has 1 fully saturated rings. The van der Waals surface area contributed by atoms with Gasteiger partial charge in [-0.1, -0.05) is 18.2 Å². The molecule has 0 bridgehead atoms. The second-order valence-corrected chi connectivity index (χ2v) is 4.82. The Bertz CT molecular complexity index is 367. The molecule has 2 heteroatoms. The van der Waals surface area contributed by atoms with Crippen molar-refractivity contribution in [3.8, 4) is 0 Å². The van der Waals surface area contributed by atoms with Crippen molar-refractivity contribution in [2.75, 3.05) is 31.6 Å². The zero-order chi connectivity index (χ0) is 10.3. The summed E-state index contributed by atoms with van der Waals surface area (Å²) in [7, 11) is 2.21. The fraction of sp³-hybridized carbons (Fsp3) is 0.538. The number of likely N-dealkylation sites (N-methyl/N-ethyl adjacent to an activating group) is 1. The number of hydrogen-bond donors (Lipinski definition) is 0. The number of rotatable bonds is 0. The molecule has 0 unspecified atom stereocenters. The Hall–Kier alpha value is -1.02. The maximum absolute atomic E-state index is 4.48. The van der Waals surface area contributed by atoms with Crippen molar-refractivity contribution in [2.24, 2.45) is 0 Å². The van der Waals surface area contributed by atoms with Crippen LogP contribution in [0.25, 0.3) is 0 Å². The van der Waals surface area contributed by atoms with Crippen LogP contribution in [-0.2, 0) is 5.41 Å². The van der Waals surface area contributed by atoms with Crippen LogP contribution in [0.2, 0.25) is 0 Å². The van der Waals surface area contributed by atoms with Gasteiger partial charge in [-0.3, -0.25) is 0 Å². The summed E-state index contributed by atoms with van der Waals surface area (Å²) in [4.78, 5) is 2.40. The molecule has 2 aliphatic rings. The van der Waals surface area contributed by atoms with Crippen molar-refractivity contribution in [1.82, 2.24) is 5.32 Å². The monoisotopic (exact) mass is 201 g/mol. The van der Waals surface area contributed by atoms with Gasteiger partial charge in [0.15, 0.2) is 0 Å². The van der Waals surface area contributed by atoms with Gasteiger partial charge >= 0.3 is 0 Å². The smallest absolute Gasteiger partial charge is 0.0402 e. The number of benzene rings is 1. The Kier molecular flexibility index (Phi) is 1.99. The normalized spacial score (nSPS) is 23.1. The third-order valence-electron chi connectivity index (χ3n) is 3.92. The van der Waals surface area contributed by atoms with Crippen LogP contribution in [0.5, 0.6) is 0 Å². The standard InChI is InChI=1S/C13H17N2/c1-15-10-13(6-8-14-9-7-13)11-4-2-3-5-12(11)15/h2-5H,6-10H2,1H3. The lowest BCUT2D eigenvalue weighted by atomic mass is 9.75. The molecule has 3 rings (SSSR count). The number of fused-ring (bicyclic) bond motifs is 2. The lowest BCUT2D eigenvalue weighted by Crippen LogP contribution is -2.40. The van der Waals surface area contributed by atoms with Gasteiger partial charge in [-0.2, -0.15) is 0 Å². The number of para-hydroxylation sites is 1. The van der Waals surface area contributed by atoms with Gasteiger partial charge in [-0.15, -0.1) is 0 Å². The number of hydrogen-bond acceptors (Lipinski definition) is 1. The van der Waals surface area contributed by atoms with Crippen molar-refractivity contribution in [2.45, 2.75) is 18.3 Å². The molecule has 15 heavy (non-hydrogen) atoms. The Balaban J connectivity index is 2.06. The van der Waals surface area contributed by atoms with E-state index in [1.54, 1.807) is 5.56 Å². The van der Waals surface area contributed by atoms with E-state index < -0.39 is 0 Å². The molecule has 1 radical (unpaired) electrons. The van der Waals surface area contributed by atoms with Gasteiger partial charge in [0.05, 0.1) is 0 Å². The van der Waals surface area contributed by atoms with Crippen LogP contribution in [0, 0.1) is 0 Å². The molecule has 1 aromatic rings. The quantitative estimate of drug-likeness (QED) is 0.625. The first-order chi connectivity index (χ1) is 7.32. The molecule has 0 saturated carbocycles. The Morgan fingerprint density at radius 2 is 1.93 bits per heavy atom. The number of anilines is 1. The van der Waals surface area contributed by atoms with E-state index in [1.165, 1.54) is 25.1 Å². The highest BCUT2D eigenvalue weighted by molar-refractivity contribution is 5.62. The van der Waals surface area contributed by atoms with Crippen molar-refractivity contribution < 1.29 is 0 Å². The van der Waals surface area contributed by atoms with E-state index in [-0.39, 0.29) is 0 Å². The summed E-state index contributed by atoms with van der Waals surface area (Å²) in [5.74, 6) is 0. The molecule has 0 atom stereocenters. The summed E-state index contributed by atoms with van der Waals surface area (Å²) in [5, 5.41) is 4.48. The summed E-state index contributed by atoms with van der Waals surface area (Å²) >= 11 is 0. The third-order valence-corrected chi connectivity index (χ3v) is 3.92. The van der Waals surface area contributed by atoms with E-state index in [2.05, 4.69) is 41.5 Å². The van der Waals surface area contributed by atoms with Crippen LogP contribution in [0.3, 0.4) is 0 Å². The van der Waals surface area contributed by atoms with Crippen molar-refractivity contribution in [3.63, 3.8) is 0 Å². The summed E-state index contributed by atoms with van der Waals surface area (Å²) in [6.45, 7) is 3.27. The maximum atomic E-state index is 4.48. The summed E-state index contributed by atoms with van der Waals surface area (Å²) in [6.07, 6.45) is 2.46. The lowest BCUT2D eigenvalue weighted by Gasteiger charge is -2.33. The molecule has 2 aliphatic heterocycles. The van der Waals surface area contributed by atoms with E-state index in [0.29, 0.717) is 5.41 Å². The van der Waals surface area contributed by atoms with E-state index in [9.17, 15) is 0 Å². The largest absolute Gasteiger partial charge is 0.373 e. The molecule has 79 valence electrons. The second kappa shape index (κ2) is 3.24. The number of nitrogens with zero attached hydrogens (tertiary/aromatic N) is 2. The van der Waals surface area contributed by atoms with Crippen molar-refractivity contribution in [1.29, 1.82) is 0 Å². The summed E-state index contributed by atoms with van der Waals surface area (Å²) in [6, 6.07) is 8.87. The molecule has 2 heterocycles. The SMILES string of the molecule is CN1CC2(CC[N]CC2)c2ccccc21. The number of piperidine rings is 1. The molecular formula is C13H17N2. The van der Waals surface area contributed by atoms with Crippen LogP contribution in [0.15, 0.2) is 24.3 Å². The van der Waals surface area contributed by atoms with Gasteiger partial charge in [0, 0.05) is 37.8 Å². The van der Waals surface area contributed by atoms with Gasteiger partial charge in [-0.05, 0) is 24.5 Å². The van der Waals surface area contributed by atoms with E-state index in [4.69, 9.17) is 0 Å². The molecule has 1 aromatic carbocycles. The minimum absolute atomic E-state index is 0.410. The topological polar surface area (TPSA) is 17.3 Å². The Morgan fingerprint density at radius 1 is 1.20 bits per heavy atom. The van der Waals surface area contributed by atoms with Crippen LogP contribution in [0.1, 0.15) is 18.4 Å². The highest BCUT2D eigenvalue weighted by Gasteiger charge is 2.41. The van der Waals surface area contributed by atoms with Crippen molar-refractivity contribution in [3.05, 3.63) is 29.8 Å². The minimum atomic E-state index is 0.410. The van der Waals surface area contributed by atoms with Crippen LogP contribution in [0.4, 0.5) is 5.69 Å². The third kappa shape index (κ3) is 1.28. The van der Waals surface area contributed by atoms with Crippen LogP contribution >= 0.6 is 0 Å². The van der Waals surface area contributed by atoms with E-state index in [0.717, 1.165) is 13.1 Å². The molecule has 0 aliphatic carbocycles. The van der Waals surface area contributed by atoms with Crippen LogP contribution in [-0.4, -0.2) is 26.7 Å². The first-order valence-corrected chi connectivity index (χ1v) is 5.76. The first kappa shape index (κ1) is 9.22. The average Bonchev–Trinajstić information content (AvgIpc) is 2.55. The van der Waals surface area contributed by atoms with Gasteiger partial charge in [0.2, 0.25) is 0 Å². The molecule has 1 spiro atoms. The maximum Gasteiger partial charge on any atom is 0.0402 e. The average molecular weight is 201 g/mol. The molecule has 0 N–H and O–H groups in total. The predicted molar refractivity (Wildman–Crippen MR) is 62.5 cm³/mol.